The van der Waals surface area contributed by atoms with E-state index in [0.29, 0.717) is 29.8 Å². The Hall–Kier alpha value is -3.48. The summed E-state index contributed by atoms with van der Waals surface area (Å²) in [6.07, 6.45) is -4.24. The maximum atomic E-state index is 13.7. The van der Waals surface area contributed by atoms with Gasteiger partial charge in [0, 0.05) is 6.54 Å². The molecule has 0 fully saturated rings. The van der Waals surface area contributed by atoms with Crippen molar-refractivity contribution in [2.45, 2.75) is 45.6 Å². The van der Waals surface area contributed by atoms with Crippen LogP contribution in [0.4, 0.5) is 23.7 Å². The zero-order valence-electron chi connectivity index (χ0n) is 19.3. The largest absolute Gasteiger partial charge is 0.489 e. The van der Waals surface area contributed by atoms with Gasteiger partial charge in [0.25, 0.3) is 0 Å². The second-order valence-electron chi connectivity index (χ2n) is 9.20. The van der Waals surface area contributed by atoms with Crippen molar-refractivity contribution in [3.63, 3.8) is 0 Å². The first kappa shape index (κ1) is 23.7. The van der Waals surface area contributed by atoms with E-state index in [-0.39, 0.29) is 12.2 Å². The third-order valence-corrected chi connectivity index (χ3v) is 5.44. The number of ether oxygens (including phenoxy) is 2. The highest BCUT2D eigenvalue weighted by atomic mass is 19.4. The summed E-state index contributed by atoms with van der Waals surface area (Å²) in [4.78, 5) is 14.0. The van der Waals surface area contributed by atoms with E-state index in [9.17, 15) is 18.0 Å². The van der Waals surface area contributed by atoms with Crippen LogP contribution < -0.4 is 9.64 Å². The molecule has 0 saturated carbocycles. The van der Waals surface area contributed by atoms with E-state index < -0.39 is 23.4 Å². The van der Waals surface area contributed by atoms with E-state index in [1.165, 1.54) is 6.07 Å². The molecule has 178 valence electrons. The van der Waals surface area contributed by atoms with E-state index in [2.05, 4.69) is 0 Å². The summed E-state index contributed by atoms with van der Waals surface area (Å²) in [6.45, 7) is 5.94. The number of benzene rings is 3. The number of alkyl halides is 3. The number of carbonyl (C=O) groups is 1. The van der Waals surface area contributed by atoms with Gasteiger partial charge in [0.2, 0.25) is 0 Å². The molecule has 1 aliphatic heterocycles. The van der Waals surface area contributed by atoms with Gasteiger partial charge < -0.3 is 9.47 Å². The molecule has 3 aromatic carbocycles. The normalized spacial score (nSPS) is 13.5. The van der Waals surface area contributed by atoms with Crippen LogP contribution in [0, 0.1) is 0 Å². The van der Waals surface area contributed by atoms with Crippen LogP contribution in [0.5, 0.6) is 5.75 Å². The van der Waals surface area contributed by atoms with Crippen LogP contribution in [0.25, 0.3) is 11.1 Å². The van der Waals surface area contributed by atoms with Crippen molar-refractivity contribution in [2.24, 2.45) is 0 Å². The number of hydrogen-bond donors (Lipinski definition) is 0. The van der Waals surface area contributed by atoms with E-state index in [4.69, 9.17) is 9.47 Å². The predicted octanol–water partition coefficient (Wildman–Crippen LogP) is 7.25. The molecule has 1 amide bonds. The molecule has 0 bridgehead atoms. The lowest BCUT2D eigenvalue weighted by Gasteiger charge is -2.24. The van der Waals surface area contributed by atoms with Gasteiger partial charge in [-0.2, -0.15) is 13.2 Å². The van der Waals surface area contributed by atoms with Crippen molar-refractivity contribution in [1.29, 1.82) is 0 Å². The van der Waals surface area contributed by atoms with Crippen LogP contribution in [-0.4, -0.2) is 18.2 Å². The molecule has 3 aromatic rings. The SMILES string of the molecule is CC(C)(C)OC(=O)N1CCc2cc(OCc3ccc(-c4ccccc4)c(C(F)(F)F)c3)ccc21. The molecule has 0 saturated heterocycles. The molecule has 1 aliphatic rings. The van der Waals surface area contributed by atoms with Crippen molar-refractivity contribution in [3.05, 3.63) is 83.4 Å². The van der Waals surface area contributed by atoms with E-state index in [1.54, 1.807) is 53.4 Å². The first-order chi connectivity index (χ1) is 16.0. The average molecular weight is 470 g/mol. The maximum Gasteiger partial charge on any atom is 0.417 e. The molecule has 4 rings (SSSR count). The molecule has 34 heavy (non-hydrogen) atoms. The number of fused-ring (bicyclic) bond motifs is 1. The summed E-state index contributed by atoms with van der Waals surface area (Å²) in [5.41, 5.74) is 1.47. The van der Waals surface area contributed by atoms with E-state index >= 15 is 0 Å². The van der Waals surface area contributed by atoms with Crippen LogP contribution in [0.15, 0.2) is 66.7 Å². The van der Waals surface area contributed by atoms with Gasteiger partial charge in [0.05, 0.1) is 11.3 Å². The molecular formula is C27H26F3NO3. The summed E-state index contributed by atoms with van der Waals surface area (Å²) in [6, 6.07) is 18.1. The van der Waals surface area contributed by atoms with Crippen LogP contribution in [0.3, 0.4) is 0 Å². The van der Waals surface area contributed by atoms with Crippen molar-refractivity contribution in [3.8, 4) is 16.9 Å². The van der Waals surface area contributed by atoms with Crippen LogP contribution in [-0.2, 0) is 23.9 Å². The minimum Gasteiger partial charge on any atom is -0.489 e. The third-order valence-electron chi connectivity index (χ3n) is 5.44. The zero-order chi connectivity index (χ0) is 24.5. The van der Waals surface area contributed by atoms with Gasteiger partial charge in [-0.05, 0) is 73.7 Å². The van der Waals surface area contributed by atoms with Crippen molar-refractivity contribution in [2.75, 3.05) is 11.4 Å². The average Bonchev–Trinajstić information content (AvgIpc) is 3.20. The third kappa shape index (κ3) is 5.35. The fourth-order valence-corrected chi connectivity index (χ4v) is 3.93. The molecule has 0 aliphatic carbocycles. The molecule has 0 unspecified atom stereocenters. The Bertz CT molecular complexity index is 1180. The number of nitrogens with zero attached hydrogens (tertiary/aromatic N) is 1. The Kier molecular flexibility index (Phi) is 6.30. The summed E-state index contributed by atoms with van der Waals surface area (Å²) >= 11 is 0. The molecule has 0 atom stereocenters. The monoisotopic (exact) mass is 469 g/mol. The second-order valence-corrected chi connectivity index (χ2v) is 9.20. The minimum atomic E-state index is -4.49. The number of carbonyl (C=O) groups excluding carboxylic acids is 1. The molecule has 0 radical (unpaired) electrons. The molecule has 0 aromatic heterocycles. The number of hydrogen-bond acceptors (Lipinski definition) is 3. The highest BCUT2D eigenvalue weighted by Crippen LogP contribution is 2.38. The van der Waals surface area contributed by atoms with E-state index in [1.807, 2.05) is 26.8 Å². The quantitative estimate of drug-likeness (QED) is 0.404. The highest BCUT2D eigenvalue weighted by molar-refractivity contribution is 5.90. The van der Waals surface area contributed by atoms with Crippen LogP contribution >= 0.6 is 0 Å². The van der Waals surface area contributed by atoms with Gasteiger partial charge >= 0.3 is 12.3 Å². The highest BCUT2D eigenvalue weighted by Gasteiger charge is 2.34. The first-order valence-corrected chi connectivity index (χ1v) is 11.0. The van der Waals surface area contributed by atoms with Gasteiger partial charge in [0.15, 0.2) is 0 Å². The second kappa shape index (κ2) is 9.05. The summed E-state index contributed by atoms with van der Waals surface area (Å²) in [5, 5.41) is 0. The van der Waals surface area contributed by atoms with Crippen LogP contribution in [0.1, 0.15) is 37.5 Å². The molecular weight excluding hydrogens is 443 g/mol. The topological polar surface area (TPSA) is 38.8 Å². The van der Waals surface area contributed by atoms with E-state index in [0.717, 1.165) is 17.3 Å². The van der Waals surface area contributed by atoms with Crippen molar-refractivity contribution >= 4 is 11.8 Å². The molecule has 0 N–H and O–H groups in total. The minimum absolute atomic E-state index is 0.00723. The fraction of sp³-hybridized carbons (Fsp3) is 0.296. The number of amides is 1. The lowest BCUT2D eigenvalue weighted by atomic mass is 9.97. The van der Waals surface area contributed by atoms with Gasteiger partial charge in [-0.25, -0.2) is 4.79 Å². The smallest absolute Gasteiger partial charge is 0.417 e. The van der Waals surface area contributed by atoms with Gasteiger partial charge in [-0.1, -0.05) is 42.5 Å². The van der Waals surface area contributed by atoms with Crippen molar-refractivity contribution < 1.29 is 27.4 Å². The Morgan fingerprint density at radius 2 is 1.71 bits per heavy atom. The molecule has 4 nitrogen and oxygen atoms in total. The lowest BCUT2D eigenvalue weighted by Crippen LogP contribution is -2.35. The van der Waals surface area contributed by atoms with Crippen LogP contribution in [0.2, 0.25) is 0 Å². The predicted molar refractivity (Wildman–Crippen MR) is 125 cm³/mol. The maximum absolute atomic E-state index is 13.7. The lowest BCUT2D eigenvalue weighted by molar-refractivity contribution is -0.137. The Labute approximate surface area is 196 Å². The standard InChI is InChI=1S/C27H26F3NO3/c1-26(2,3)34-25(32)31-14-13-20-16-21(10-12-24(20)31)33-17-18-9-11-22(19-7-5-4-6-8-19)23(15-18)27(28,29)30/h4-12,15-16H,13-14,17H2,1-3H3. The Morgan fingerprint density at radius 3 is 2.38 bits per heavy atom. The van der Waals surface area contributed by atoms with Gasteiger partial charge in [0.1, 0.15) is 18.0 Å². The molecule has 0 spiro atoms. The molecule has 1 heterocycles. The van der Waals surface area contributed by atoms with Gasteiger partial charge in [-0.3, -0.25) is 4.90 Å². The summed E-state index contributed by atoms with van der Waals surface area (Å²) in [7, 11) is 0. The Balaban J connectivity index is 1.50. The fourth-order valence-electron chi connectivity index (χ4n) is 3.93. The summed E-state index contributed by atoms with van der Waals surface area (Å²) < 4.78 is 52.5. The Morgan fingerprint density at radius 1 is 0.971 bits per heavy atom. The zero-order valence-corrected chi connectivity index (χ0v) is 19.3. The summed E-state index contributed by atoms with van der Waals surface area (Å²) in [5.74, 6) is 0.533. The number of rotatable bonds is 4. The van der Waals surface area contributed by atoms with Crippen molar-refractivity contribution in [1.82, 2.24) is 0 Å². The number of anilines is 1. The first-order valence-electron chi connectivity index (χ1n) is 11.0. The van der Waals surface area contributed by atoms with Gasteiger partial charge in [-0.15, -0.1) is 0 Å². The number of halogens is 3. The molecule has 7 heteroatoms.